The molecule has 1 aliphatic rings. The van der Waals surface area contributed by atoms with E-state index in [1.807, 2.05) is 31.2 Å². The Bertz CT molecular complexity index is 1130. The first kappa shape index (κ1) is 26.7. The number of benzene rings is 3. The largest absolute Gasteiger partial charge is 0.493 e. The lowest BCUT2D eigenvalue weighted by molar-refractivity contribution is -0.156. The van der Waals surface area contributed by atoms with Crippen LogP contribution < -0.4 is 4.74 Å². The molecule has 37 heavy (non-hydrogen) atoms. The first-order chi connectivity index (χ1) is 18.2. The third-order valence-electron chi connectivity index (χ3n) is 6.67. The van der Waals surface area contributed by atoms with Crippen molar-refractivity contribution in [3.63, 3.8) is 0 Å². The Morgan fingerprint density at radius 2 is 1.43 bits per heavy atom. The summed E-state index contributed by atoms with van der Waals surface area (Å²) in [5.41, 5.74) is 7.48. The molecule has 194 valence electrons. The summed E-state index contributed by atoms with van der Waals surface area (Å²) in [6.07, 6.45) is 7.46. The third-order valence-corrected chi connectivity index (χ3v) is 6.67. The fourth-order valence-electron chi connectivity index (χ4n) is 4.79. The highest BCUT2D eigenvalue weighted by Gasteiger charge is 2.22. The second-order valence-corrected chi connectivity index (χ2v) is 9.37. The Morgan fingerprint density at radius 1 is 0.784 bits per heavy atom. The Morgan fingerprint density at radius 3 is 2.05 bits per heavy atom. The molecule has 1 unspecified atom stereocenters. The van der Waals surface area contributed by atoms with Crippen molar-refractivity contribution in [2.75, 3.05) is 19.8 Å². The van der Waals surface area contributed by atoms with Crippen LogP contribution in [0.25, 0.3) is 16.7 Å². The zero-order chi connectivity index (χ0) is 25.9. The molecular formula is C33H38O4. The second-order valence-electron chi connectivity index (χ2n) is 9.37. The van der Waals surface area contributed by atoms with E-state index in [-0.39, 0.29) is 5.97 Å². The van der Waals surface area contributed by atoms with E-state index in [4.69, 9.17) is 14.2 Å². The zero-order valence-corrected chi connectivity index (χ0v) is 22.1. The molecule has 1 atom stereocenters. The molecule has 0 heterocycles. The third kappa shape index (κ3) is 7.11. The quantitative estimate of drug-likeness (QED) is 0.132. The van der Waals surface area contributed by atoms with Gasteiger partial charge in [0.15, 0.2) is 6.10 Å². The molecule has 0 spiro atoms. The summed E-state index contributed by atoms with van der Waals surface area (Å²) >= 11 is 0. The standard InChI is InChI=1S/C33H38O4/c1-3-5-6-11-22-37-32(33(34)35-4-2)24-25-18-20-26(21-19-25)36-23-12-17-31-29-15-9-7-13-27(29)28-14-8-10-16-30(28)31/h7-10,13-21,32H,3-6,11-12,22-24H2,1-2H3. The lowest BCUT2D eigenvalue weighted by Crippen LogP contribution is -2.29. The van der Waals surface area contributed by atoms with Crippen molar-refractivity contribution >= 4 is 11.5 Å². The predicted octanol–water partition coefficient (Wildman–Crippen LogP) is 7.64. The Kier molecular flexibility index (Phi) is 9.96. The lowest BCUT2D eigenvalue weighted by Gasteiger charge is -2.17. The van der Waals surface area contributed by atoms with Crippen LogP contribution in [0, 0.1) is 0 Å². The fourth-order valence-corrected chi connectivity index (χ4v) is 4.79. The number of esters is 1. The van der Waals surface area contributed by atoms with Gasteiger partial charge in [-0.15, -0.1) is 0 Å². The van der Waals surface area contributed by atoms with Crippen molar-refractivity contribution in [3.05, 3.63) is 95.6 Å². The normalized spacial score (nSPS) is 12.5. The topological polar surface area (TPSA) is 44.8 Å². The van der Waals surface area contributed by atoms with Gasteiger partial charge in [-0.05, 0) is 58.9 Å². The van der Waals surface area contributed by atoms with Crippen molar-refractivity contribution in [2.24, 2.45) is 0 Å². The van der Waals surface area contributed by atoms with Crippen molar-refractivity contribution < 1.29 is 19.0 Å². The van der Waals surface area contributed by atoms with Crippen LogP contribution >= 0.6 is 0 Å². The maximum atomic E-state index is 12.4. The van der Waals surface area contributed by atoms with Crippen molar-refractivity contribution in [1.82, 2.24) is 0 Å². The van der Waals surface area contributed by atoms with E-state index in [2.05, 4.69) is 61.5 Å². The molecule has 0 saturated carbocycles. The molecule has 1 aliphatic carbocycles. The van der Waals surface area contributed by atoms with E-state index in [0.29, 0.717) is 26.2 Å². The molecule has 0 aliphatic heterocycles. The van der Waals surface area contributed by atoms with Crippen LogP contribution in [0.4, 0.5) is 0 Å². The highest BCUT2D eigenvalue weighted by Crippen LogP contribution is 2.43. The average Bonchev–Trinajstić information content (AvgIpc) is 3.25. The number of carbonyl (C=O) groups excluding carboxylic acids is 1. The smallest absolute Gasteiger partial charge is 0.335 e. The molecule has 0 radical (unpaired) electrons. The van der Waals surface area contributed by atoms with Gasteiger partial charge in [0.1, 0.15) is 5.75 Å². The Hall–Kier alpha value is -3.37. The average molecular weight is 499 g/mol. The van der Waals surface area contributed by atoms with Gasteiger partial charge in [0.2, 0.25) is 0 Å². The molecule has 4 heteroatoms. The first-order valence-electron chi connectivity index (χ1n) is 13.6. The van der Waals surface area contributed by atoms with Crippen LogP contribution in [0.3, 0.4) is 0 Å². The van der Waals surface area contributed by atoms with Crippen LogP contribution in [0.1, 0.15) is 62.6 Å². The van der Waals surface area contributed by atoms with Crippen LogP contribution in [0.5, 0.6) is 5.75 Å². The molecule has 4 rings (SSSR count). The van der Waals surface area contributed by atoms with Gasteiger partial charge in [0, 0.05) is 19.4 Å². The molecule has 0 saturated heterocycles. The minimum atomic E-state index is -0.572. The molecule has 0 fully saturated rings. The van der Waals surface area contributed by atoms with Crippen molar-refractivity contribution in [3.8, 4) is 16.9 Å². The SMILES string of the molecule is CCCCCCOC(Cc1ccc(OCCC=C2c3ccccc3-c3ccccc32)cc1)C(=O)OCC. The number of unbranched alkanes of at least 4 members (excludes halogenated alkanes) is 3. The van der Waals surface area contributed by atoms with E-state index in [1.165, 1.54) is 40.7 Å². The Labute approximate surface area is 221 Å². The van der Waals surface area contributed by atoms with Crippen molar-refractivity contribution in [1.29, 1.82) is 0 Å². The number of carbonyl (C=O) groups is 1. The number of fused-ring (bicyclic) bond motifs is 3. The van der Waals surface area contributed by atoms with Gasteiger partial charge in [-0.3, -0.25) is 0 Å². The van der Waals surface area contributed by atoms with E-state index in [9.17, 15) is 4.79 Å². The molecular weight excluding hydrogens is 460 g/mol. The Balaban J connectivity index is 1.30. The van der Waals surface area contributed by atoms with Gasteiger partial charge >= 0.3 is 5.97 Å². The predicted molar refractivity (Wildman–Crippen MR) is 150 cm³/mol. The minimum Gasteiger partial charge on any atom is -0.493 e. The molecule has 0 aromatic heterocycles. The highest BCUT2D eigenvalue weighted by molar-refractivity contribution is 6.01. The van der Waals surface area contributed by atoms with E-state index < -0.39 is 6.10 Å². The maximum Gasteiger partial charge on any atom is 0.335 e. The molecule has 3 aromatic carbocycles. The number of hydrogen-bond donors (Lipinski definition) is 0. The van der Waals surface area contributed by atoms with Gasteiger partial charge < -0.3 is 14.2 Å². The summed E-state index contributed by atoms with van der Waals surface area (Å²) in [6.45, 7) is 5.53. The van der Waals surface area contributed by atoms with E-state index in [1.54, 1.807) is 0 Å². The van der Waals surface area contributed by atoms with Gasteiger partial charge in [-0.25, -0.2) is 4.79 Å². The minimum absolute atomic E-state index is 0.290. The molecule has 0 bridgehead atoms. The summed E-state index contributed by atoms with van der Waals surface area (Å²) in [7, 11) is 0. The van der Waals surface area contributed by atoms with Crippen LogP contribution in [0.2, 0.25) is 0 Å². The van der Waals surface area contributed by atoms with Crippen LogP contribution in [-0.4, -0.2) is 31.9 Å². The number of rotatable bonds is 14. The molecule has 3 aromatic rings. The monoisotopic (exact) mass is 498 g/mol. The molecule has 4 nitrogen and oxygen atoms in total. The van der Waals surface area contributed by atoms with Crippen molar-refractivity contribution in [2.45, 2.75) is 58.5 Å². The summed E-state index contributed by atoms with van der Waals surface area (Å²) in [5.74, 6) is 0.531. The molecule has 0 N–H and O–H groups in total. The summed E-state index contributed by atoms with van der Waals surface area (Å²) in [5, 5.41) is 0. The first-order valence-corrected chi connectivity index (χ1v) is 13.6. The molecule has 0 amide bonds. The highest BCUT2D eigenvalue weighted by atomic mass is 16.6. The van der Waals surface area contributed by atoms with Gasteiger partial charge in [-0.1, -0.05) is 92.9 Å². The summed E-state index contributed by atoms with van der Waals surface area (Å²) in [6, 6.07) is 25.1. The second kappa shape index (κ2) is 13.8. The van der Waals surface area contributed by atoms with Gasteiger partial charge in [0.05, 0.1) is 13.2 Å². The van der Waals surface area contributed by atoms with E-state index in [0.717, 1.165) is 30.6 Å². The van der Waals surface area contributed by atoms with E-state index >= 15 is 0 Å². The summed E-state index contributed by atoms with van der Waals surface area (Å²) in [4.78, 5) is 12.4. The van der Waals surface area contributed by atoms with Crippen LogP contribution in [0.15, 0.2) is 78.9 Å². The lowest BCUT2D eigenvalue weighted by atomic mass is 10.0. The zero-order valence-electron chi connectivity index (χ0n) is 22.1. The number of hydrogen-bond acceptors (Lipinski definition) is 4. The maximum absolute atomic E-state index is 12.4. The van der Waals surface area contributed by atoms with Crippen LogP contribution in [-0.2, 0) is 20.7 Å². The van der Waals surface area contributed by atoms with Gasteiger partial charge in [-0.2, -0.15) is 0 Å². The van der Waals surface area contributed by atoms with Gasteiger partial charge in [0.25, 0.3) is 0 Å². The fraction of sp³-hybridized carbons (Fsp3) is 0.364. The summed E-state index contributed by atoms with van der Waals surface area (Å²) < 4.78 is 17.2. The number of ether oxygens (including phenoxy) is 3.